The first-order valence-corrected chi connectivity index (χ1v) is 8.27. The lowest BCUT2D eigenvalue weighted by molar-refractivity contribution is 0.105. The number of furan rings is 1. The van der Waals surface area contributed by atoms with Crippen molar-refractivity contribution in [1.82, 2.24) is 10.6 Å². The van der Waals surface area contributed by atoms with Crippen molar-refractivity contribution in [2.45, 2.75) is 46.1 Å². The minimum absolute atomic E-state index is 0. The Hall–Kier alpha value is -0.760. The van der Waals surface area contributed by atoms with E-state index in [1.54, 1.807) is 13.3 Å². The minimum atomic E-state index is 0. The van der Waals surface area contributed by atoms with Crippen LogP contribution in [-0.2, 0) is 11.3 Å². The number of nitrogens with one attached hydrogen (secondary N) is 2. The molecule has 5 nitrogen and oxygen atoms in total. The summed E-state index contributed by atoms with van der Waals surface area (Å²) in [4.78, 5) is 4.22. The lowest BCUT2D eigenvalue weighted by Gasteiger charge is -2.12. The molecule has 1 aromatic rings. The summed E-state index contributed by atoms with van der Waals surface area (Å²) in [6.45, 7) is 7.60. The highest BCUT2D eigenvalue weighted by atomic mass is 127. The molecule has 0 atom stereocenters. The Labute approximate surface area is 157 Å². The first kappa shape index (κ1) is 22.2. The van der Waals surface area contributed by atoms with Gasteiger partial charge in [-0.3, -0.25) is 4.99 Å². The zero-order valence-corrected chi connectivity index (χ0v) is 17.0. The predicted octanol–water partition coefficient (Wildman–Crippen LogP) is 3.80. The van der Waals surface area contributed by atoms with Crippen molar-refractivity contribution in [3.8, 4) is 0 Å². The Bertz CT molecular complexity index is 395. The largest absolute Gasteiger partial charge is 0.467 e. The summed E-state index contributed by atoms with van der Waals surface area (Å²) in [6.07, 6.45) is 6.35. The van der Waals surface area contributed by atoms with Crippen LogP contribution in [0.3, 0.4) is 0 Å². The Morgan fingerprint density at radius 1 is 1.22 bits per heavy atom. The molecule has 1 heterocycles. The van der Waals surface area contributed by atoms with E-state index in [0.29, 0.717) is 13.2 Å². The van der Waals surface area contributed by atoms with Crippen molar-refractivity contribution in [1.29, 1.82) is 0 Å². The number of rotatable bonds is 11. The van der Waals surface area contributed by atoms with Gasteiger partial charge in [0.1, 0.15) is 12.4 Å². The van der Waals surface area contributed by atoms with Gasteiger partial charge in [-0.25, -0.2) is 0 Å². The van der Waals surface area contributed by atoms with Gasteiger partial charge in [0.15, 0.2) is 5.96 Å². The third-order valence-corrected chi connectivity index (χ3v) is 3.31. The molecule has 0 aliphatic rings. The number of unbranched alkanes of at least 4 members (excludes halogenated alkanes) is 1. The maximum absolute atomic E-state index is 5.53. The molecule has 0 bridgehead atoms. The third-order valence-electron chi connectivity index (χ3n) is 3.31. The second kappa shape index (κ2) is 14.8. The normalized spacial score (nSPS) is 11.4. The Kier molecular flexibility index (Phi) is 14.3. The number of guanidine groups is 1. The summed E-state index contributed by atoms with van der Waals surface area (Å²) in [5.74, 6) is 2.53. The van der Waals surface area contributed by atoms with Crippen molar-refractivity contribution < 1.29 is 9.15 Å². The fourth-order valence-corrected chi connectivity index (χ4v) is 2.05. The van der Waals surface area contributed by atoms with Gasteiger partial charge in [-0.1, -0.05) is 26.7 Å². The van der Waals surface area contributed by atoms with Crippen LogP contribution in [0.25, 0.3) is 0 Å². The van der Waals surface area contributed by atoms with Crippen LogP contribution >= 0.6 is 24.0 Å². The molecule has 1 aromatic heterocycles. The van der Waals surface area contributed by atoms with Gasteiger partial charge in [-0.05, 0) is 30.9 Å². The second-order valence-electron chi connectivity index (χ2n) is 5.80. The van der Waals surface area contributed by atoms with Crippen molar-refractivity contribution in [2.75, 3.05) is 26.7 Å². The molecule has 0 fully saturated rings. The molecular formula is C17H32IN3O2. The van der Waals surface area contributed by atoms with Crippen LogP contribution in [0.15, 0.2) is 27.8 Å². The highest BCUT2D eigenvalue weighted by Gasteiger charge is 1.99. The fraction of sp³-hybridized carbons (Fsp3) is 0.706. The van der Waals surface area contributed by atoms with Crippen LogP contribution in [-0.4, -0.2) is 32.7 Å². The Morgan fingerprint density at radius 2 is 1.96 bits per heavy atom. The molecule has 0 amide bonds. The smallest absolute Gasteiger partial charge is 0.190 e. The maximum atomic E-state index is 5.53. The minimum Gasteiger partial charge on any atom is -0.467 e. The van der Waals surface area contributed by atoms with Gasteiger partial charge in [0.05, 0.1) is 6.26 Å². The number of halogens is 1. The van der Waals surface area contributed by atoms with Crippen LogP contribution in [0.4, 0.5) is 0 Å². The van der Waals surface area contributed by atoms with Crippen molar-refractivity contribution >= 4 is 29.9 Å². The van der Waals surface area contributed by atoms with E-state index in [4.69, 9.17) is 9.15 Å². The van der Waals surface area contributed by atoms with Crippen molar-refractivity contribution in [3.05, 3.63) is 24.2 Å². The molecule has 0 radical (unpaired) electrons. The zero-order chi connectivity index (χ0) is 16.0. The number of ether oxygens (including phenoxy) is 1. The van der Waals surface area contributed by atoms with Gasteiger partial charge in [0.25, 0.3) is 0 Å². The lowest BCUT2D eigenvalue weighted by atomic mass is 10.1. The molecule has 2 N–H and O–H groups in total. The molecule has 0 saturated heterocycles. The summed E-state index contributed by atoms with van der Waals surface area (Å²) >= 11 is 0. The average molecular weight is 437 g/mol. The van der Waals surface area contributed by atoms with Crippen molar-refractivity contribution in [2.24, 2.45) is 10.9 Å². The first-order chi connectivity index (χ1) is 10.7. The average Bonchev–Trinajstić information content (AvgIpc) is 3.01. The van der Waals surface area contributed by atoms with Crippen molar-refractivity contribution in [3.63, 3.8) is 0 Å². The van der Waals surface area contributed by atoms with E-state index in [9.17, 15) is 0 Å². The summed E-state index contributed by atoms with van der Waals surface area (Å²) < 4.78 is 10.7. The highest BCUT2D eigenvalue weighted by molar-refractivity contribution is 14.0. The van der Waals surface area contributed by atoms with E-state index in [0.717, 1.165) is 37.1 Å². The molecule has 134 valence electrons. The van der Waals surface area contributed by atoms with Gasteiger partial charge in [-0.15, -0.1) is 24.0 Å². The Morgan fingerprint density at radius 3 is 2.57 bits per heavy atom. The second-order valence-corrected chi connectivity index (χ2v) is 5.80. The quantitative estimate of drug-likeness (QED) is 0.239. The van der Waals surface area contributed by atoms with E-state index in [-0.39, 0.29) is 24.0 Å². The number of aliphatic imine (C=N–C) groups is 1. The monoisotopic (exact) mass is 437 g/mol. The predicted molar refractivity (Wildman–Crippen MR) is 106 cm³/mol. The molecule has 0 aliphatic carbocycles. The molecule has 0 unspecified atom stereocenters. The summed E-state index contributed by atoms with van der Waals surface area (Å²) in [5.41, 5.74) is 0. The molecule has 1 rings (SSSR count). The molecule has 0 saturated carbocycles. The number of hydrogen-bond acceptors (Lipinski definition) is 3. The van der Waals surface area contributed by atoms with Gasteiger partial charge in [-0.2, -0.15) is 0 Å². The number of hydrogen-bond donors (Lipinski definition) is 2. The topological polar surface area (TPSA) is 58.8 Å². The van der Waals surface area contributed by atoms with E-state index in [1.807, 2.05) is 12.1 Å². The molecule has 6 heteroatoms. The van der Waals surface area contributed by atoms with Gasteiger partial charge in [0, 0.05) is 26.7 Å². The van der Waals surface area contributed by atoms with E-state index in [2.05, 4.69) is 29.5 Å². The van der Waals surface area contributed by atoms with Gasteiger partial charge in [0.2, 0.25) is 0 Å². The zero-order valence-electron chi connectivity index (χ0n) is 14.6. The molecule has 23 heavy (non-hydrogen) atoms. The molecule has 0 aliphatic heterocycles. The highest BCUT2D eigenvalue weighted by Crippen LogP contribution is 2.05. The Balaban J connectivity index is 0.00000484. The van der Waals surface area contributed by atoms with Crippen LogP contribution in [0, 0.1) is 5.92 Å². The van der Waals surface area contributed by atoms with E-state index < -0.39 is 0 Å². The van der Waals surface area contributed by atoms with Crippen LogP contribution < -0.4 is 10.6 Å². The lowest BCUT2D eigenvalue weighted by Crippen LogP contribution is -2.38. The van der Waals surface area contributed by atoms with Gasteiger partial charge < -0.3 is 19.8 Å². The molecule has 0 spiro atoms. The van der Waals surface area contributed by atoms with Crippen LogP contribution in [0.1, 0.15) is 45.3 Å². The molecular weight excluding hydrogens is 405 g/mol. The maximum Gasteiger partial charge on any atom is 0.190 e. The molecule has 0 aromatic carbocycles. The summed E-state index contributed by atoms with van der Waals surface area (Å²) in [7, 11) is 1.80. The number of nitrogens with zero attached hydrogens (tertiary/aromatic N) is 1. The SMILES string of the molecule is CN=C(NCCCCC(C)C)NCCCOCc1ccco1.I. The van der Waals surface area contributed by atoms with Crippen LogP contribution in [0.2, 0.25) is 0 Å². The third kappa shape index (κ3) is 12.3. The van der Waals surface area contributed by atoms with Crippen LogP contribution in [0.5, 0.6) is 0 Å². The summed E-state index contributed by atoms with van der Waals surface area (Å²) in [6, 6.07) is 3.79. The van der Waals surface area contributed by atoms with E-state index >= 15 is 0 Å². The first-order valence-electron chi connectivity index (χ1n) is 8.27. The fourth-order valence-electron chi connectivity index (χ4n) is 2.05. The van der Waals surface area contributed by atoms with Gasteiger partial charge >= 0.3 is 0 Å². The summed E-state index contributed by atoms with van der Waals surface area (Å²) in [5, 5.41) is 6.64. The standard InChI is InChI=1S/C17H31N3O2.HI/c1-15(2)8-4-5-10-19-17(18-3)20-11-7-12-21-14-16-9-6-13-22-16;/h6,9,13,15H,4-5,7-8,10-12,14H2,1-3H3,(H2,18,19,20);1H. The van der Waals surface area contributed by atoms with E-state index in [1.165, 1.54) is 19.3 Å².